The lowest BCUT2D eigenvalue weighted by Gasteiger charge is -2.06. The normalized spacial score (nSPS) is 9.48. The molecular formula is C13H14N4O4. The summed E-state index contributed by atoms with van der Waals surface area (Å²) in [6.07, 6.45) is 0. The number of hydrogen-bond acceptors (Lipinski definition) is 5. The zero-order chi connectivity index (χ0) is 15.7. The van der Waals surface area contributed by atoms with Crippen molar-refractivity contribution in [2.75, 3.05) is 25.1 Å². The van der Waals surface area contributed by atoms with E-state index in [4.69, 9.17) is 15.7 Å². The lowest BCUT2D eigenvalue weighted by atomic mass is 10.2. The molecule has 4 N–H and O–H groups in total. The Kier molecular flexibility index (Phi) is 6.37. The SMILES string of the molecule is N#Cc1ccc(NC(=O)COCC(=O)NCC(N)=O)cc1. The lowest BCUT2D eigenvalue weighted by molar-refractivity contribution is -0.130. The molecule has 21 heavy (non-hydrogen) atoms. The van der Waals surface area contributed by atoms with Crippen molar-refractivity contribution in [1.82, 2.24) is 5.32 Å². The molecule has 0 saturated carbocycles. The zero-order valence-corrected chi connectivity index (χ0v) is 11.1. The van der Waals surface area contributed by atoms with Crippen molar-refractivity contribution in [1.29, 1.82) is 5.26 Å². The maximum absolute atomic E-state index is 11.5. The zero-order valence-electron chi connectivity index (χ0n) is 11.1. The van der Waals surface area contributed by atoms with Crippen LogP contribution in [0.3, 0.4) is 0 Å². The van der Waals surface area contributed by atoms with Gasteiger partial charge in [0.1, 0.15) is 13.2 Å². The molecule has 0 fully saturated rings. The molecular weight excluding hydrogens is 276 g/mol. The molecule has 0 aliphatic carbocycles. The minimum Gasteiger partial charge on any atom is -0.368 e. The summed E-state index contributed by atoms with van der Waals surface area (Å²) in [5, 5.41) is 13.4. The van der Waals surface area contributed by atoms with Crippen LogP contribution in [0.15, 0.2) is 24.3 Å². The molecule has 1 aromatic rings. The van der Waals surface area contributed by atoms with Crippen molar-refractivity contribution < 1.29 is 19.1 Å². The van der Waals surface area contributed by atoms with Gasteiger partial charge in [0.25, 0.3) is 0 Å². The molecule has 1 rings (SSSR count). The number of nitriles is 1. The third-order valence-electron chi connectivity index (χ3n) is 2.22. The van der Waals surface area contributed by atoms with Crippen LogP contribution in [0.25, 0.3) is 0 Å². The maximum Gasteiger partial charge on any atom is 0.250 e. The molecule has 0 unspecified atom stereocenters. The molecule has 1 aromatic carbocycles. The van der Waals surface area contributed by atoms with Crippen molar-refractivity contribution in [3.8, 4) is 6.07 Å². The number of primary amides is 1. The number of nitrogens with one attached hydrogen (secondary N) is 2. The van der Waals surface area contributed by atoms with Crippen LogP contribution >= 0.6 is 0 Å². The summed E-state index contributed by atoms with van der Waals surface area (Å²) < 4.78 is 4.88. The highest BCUT2D eigenvalue weighted by Gasteiger charge is 2.06. The summed E-state index contributed by atoms with van der Waals surface area (Å²) in [7, 11) is 0. The van der Waals surface area contributed by atoms with Crippen LogP contribution < -0.4 is 16.4 Å². The van der Waals surface area contributed by atoms with Crippen molar-refractivity contribution >= 4 is 23.4 Å². The van der Waals surface area contributed by atoms with E-state index in [1.807, 2.05) is 6.07 Å². The lowest BCUT2D eigenvalue weighted by Crippen LogP contribution is -2.36. The number of anilines is 1. The number of benzene rings is 1. The molecule has 110 valence electrons. The molecule has 0 bridgehead atoms. The average Bonchev–Trinajstić information content (AvgIpc) is 2.46. The minimum atomic E-state index is -0.665. The van der Waals surface area contributed by atoms with E-state index < -0.39 is 17.7 Å². The highest BCUT2D eigenvalue weighted by molar-refractivity contribution is 5.92. The van der Waals surface area contributed by atoms with Gasteiger partial charge in [0.2, 0.25) is 17.7 Å². The second-order valence-electron chi connectivity index (χ2n) is 3.97. The summed E-state index contributed by atoms with van der Waals surface area (Å²) in [6, 6.07) is 8.24. The molecule has 8 heteroatoms. The Labute approximate surface area is 120 Å². The van der Waals surface area contributed by atoms with Crippen molar-refractivity contribution in [2.24, 2.45) is 5.73 Å². The Morgan fingerprint density at radius 3 is 2.33 bits per heavy atom. The average molecular weight is 290 g/mol. The summed E-state index contributed by atoms with van der Waals surface area (Å²) in [5.74, 6) is -1.65. The summed E-state index contributed by atoms with van der Waals surface area (Å²) in [6.45, 7) is -0.947. The Morgan fingerprint density at radius 2 is 1.76 bits per heavy atom. The first-order chi connectivity index (χ1) is 10.0. The van der Waals surface area contributed by atoms with E-state index in [-0.39, 0.29) is 19.8 Å². The predicted molar refractivity (Wildman–Crippen MR) is 72.8 cm³/mol. The van der Waals surface area contributed by atoms with Crippen molar-refractivity contribution in [3.05, 3.63) is 29.8 Å². The fourth-order valence-corrected chi connectivity index (χ4v) is 1.30. The highest BCUT2D eigenvalue weighted by atomic mass is 16.5. The fourth-order valence-electron chi connectivity index (χ4n) is 1.30. The monoisotopic (exact) mass is 290 g/mol. The third-order valence-corrected chi connectivity index (χ3v) is 2.22. The van der Waals surface area contributed by atoms with Crippen LogP contribution in [-0.2, 0) is 19.1 Å². The topological polar surface area (TPSA) is 134 Å². The molecule has 0 saturated heterocycles. The van der Waals surface area contributed by atoms with Gasteiger partial charge in [-0.2, -0.15) is 5.26 Å². The van der Waals surface area contributed by atoms with Gasteiger partial charge in [-0.1, -0.05) is 0 Å². The molecule has 3 amide bonds. The molecule has 0 heterocycles. The molecule has 0 aromatic heterocycles. The van der Waals surface area contributed by atoms with Gasteiger partial charge in [-0.05, 0) is 24.3 Å². The van der Waals surface area contributed by atoms with Gasteiger partial charge < -0.3 is 21.1 Å². The third kappa shape index (κ3) is 6.70. The molecule has 8 nitrogen and oxygen atoms in total. The number of hydrogen-bond donors (Lipinski definition) is 3. The summed E-state index contributed by atoms with van der Waals surface area (Å²) >= 11 is 0. The fraction of sp³-hybridized carbons (Fsp3) is 0.231. The van der Waals surface area contributed by atoms with E-state index in [1.54, 1.807) is 24.3 Å². The van der Waals surface area contributed by atoms with Crippen LogP contribution in [-0.4, -0.2) is 37.5 Å². The molecule has 0 radical (unpaired) electrons. The molecule has 0 aliphatic rings. The van der Waals surface area contributed by atoms with Crippen LogP contribution in [0, 0.1) is 11.3 Å². The van der Waals surface area contributed by atoms with E-state index in [2.05, 4.69) is 10.6 Å². The van der Waals surface area contributed by atoms with E-state index in [0.29, 0.717) is 11.3 Å². The number of rotatable bonds is 7. The number of nitrogens with two attached hydrogens (primary N) is 1. The van der Waals surface area contributed by atoms with Gasteiger partial charge in [0.05, 0.1) is 18.2 Å². The smallest absolute Gasteiger partial charge is 0.250 e. The second-order valence-corrected chi connectivity index (χ2v) is 3.97. The second kappa shape index (κ2) is 8.29. The Morgan fingerprint density at radius 1 is 1.14 bits per heavy atom. The van der Waals surface area contributed by atoms with Crippen LogP contribution in [0.5, 0.6) is 0 Å². The van der Waals surface area contributed by atoms with E-state index >= 15 is 0 Å². The Hall–Kier alpha value is -2.92. The van der Waals surface area contributed by atoms with E-state index in [9.17, 15) is 14.4 Å². The van der Waals surface area contributed by atoms with Crippen molar-refractivity contribution in [3.63, 3.8) is 0 Å². The van der Waals surface area contributed by atoms with Crippen LogP contribution in [0.1, 0.15) is 5.56 Å². The van der Waals surface area contributed by atoms with Gasteiger partial charge in [-0.3, -0.25) is 14.4 Å². The van der Waals surface area contributed by atoms with Crippen LogP contribution in [0.4, 0.5) is 5.69 Å². The molecule has 0 atom stereocenters. The largest absolute Gasteiger partial charge is 0.368 e. The Bertz CT molecular complexity index is 563. The number of amides is 3. The predicted octanol–water partition coefficient (Wildman–Crippen LogP) is -0.885. The van der Waals surface area contributed by atoms with Gasteiger partial charge in [0, 0.05) is 5.69 Å². The maximum atomic E-state index is 11.5. The number of carbonyl (C=O) groups excluding carboxylic acids is 3. The van der Waals surface area contributed by atoms with E-state index in [1.165, 1.54) is 0 Å². The first-order valence-electron chi connectivity index (χ1n) is 5.94. The number of ether oxygens (including phenoxy) is 1. The number of nitrogens with zero attached hydrogens (tertiary/aromatic N) is 1. The molecule has 0 aliphatic heterocycles. The van der Waals surface area contributed by atoms with Gasteiger partial charge in [-0.15, -0.1) is 0 Å². The molecule has 0 spiro atoms. The van der Waals surface area contributed by atoms with Gasteiger partial charge in [-0.25, -0.2) is 0 Å². The Balaban J connectivity index is 2.26. The standard InChI is InChI=1S/C13H14N4O4/c14-5-9-1-3-10(4-2-9)17-13(20)8-21-7-12(19)16-6-11(15)18/h1-4H,6-8H2,(H2,15,18)(H,16,19)(H,17,20). The quantitative estimate of drug-likeness (QED) is 0.599. The summed E-state index contributed by atoms with van der Waals surface area (Å²) in [4.78, 5) is 33.1. The first kappa shape index (κ1) is 16.1. The summed E-state index contributed by atoms with van der Waals surface area (Å²) in [5.41, 5.74) is 5.84. The minimum absolute atomic E-state index is 0.278. The number of carbonyl (C=O) groups is 3. The first-order valence-corrected chi connectivity index (χ1v) is 5.94. The van der Waals surface area contributed by atoms with E-state index in [0.717, 1.165) is 0 Å². The van der Waals surface area contributed by atoms with Crippen molar-refractivity contribution in [2.45, 2.75) is 0 Å². The van der Waals surface area contributed by atoms with Gasteiger partial charge in [0.15, 0.2) is 0 Å². The van der Waals surface area contributed by atoms with Gasteiger partial charge >= 0.3 is 0 Å². The highest BCUT2D eigenvalue weighted by Crippen LogP contribution is 2.08. The van der Waals surface area contributed by atoms with Crippen LogP contribution in [0.2, 0.25) is 0 Å².